The fourth-order valence-corrected chi connectivity index (χ4v) is 2.24. The summed E-state index contributed by atoms with van der Waals surface area (Å²) in [5, 5.41) is 6.18. The molecule has 0 unspecified atom stereocenters. The largest absolute Gasteiger partial charge is 0.497 e. The second-order valence-corrected chi connectivity index (χ2v) is 5.76. The lowest BCUT2D eigenvalue weighted by atomic mass is 10.2. The van der Waals surface area contributed by atoms with Crippen molar-refractivity contribution in [2.24, 2.45) is 0 Å². The summed E-state index contributed by atoms with van der Waals surface area (Å²) in [6, 6.07) is 15.7. The third-order valence-electron chi connectivity index (χ3n) is 3.68. The summed E-state index contributed by atoms with van der Waals surface area (Å²) in [5.41, 5.74) is 3.09. The van der Waals surface area contributed by atoms with E-state index in [-0.39, 0.29) is 5.91 Å². The molecule has 0 heterocycles. The highest BCUT2D eigenvalue weighted by Gasteiger charge is 2.03. The molecule has 0 aromatic heterocycles. The van der Waals surface area contributed by atoms with Crippen LogP contribution in [0.15, 0.2) is 48.5 Å². The van der Waals surface area contributed by atoms with Crippen molar-refractivity contribution in [3.8, 4) is 5.75 Å². The summed E-state index contributed by atoms with van der Waals surface area (Å²) in [6.07, 6.45) is 0.436. The van der Waals surface area contributed by atoms with E-state index in [9.17, 15) is 4.79 Å². The first-order chi connectivity index (χ1) is 11.6. The summed E-state index contributed by atoms with van der Waals surface area (Å²) in [4.78, 5) is 14.0. The van der Waals surface area contributed by atoms with Crippen molar-refractivity contribution in [3.63, 3.8) is 0 Å². The predicted molar refractivity (Wildman–Crippen MR) is 98.7 cm³/mol. The highest BCUT2D eigenvalue weighted by molar-refractivity contribution is 5.91. The Bertz CT molecular complexity index is 637. The number of ether oxygens (including phenoxy) is 1. The number of carbonyl (C=O) groups excluding carboxylic acids is 1. The zero-order chi connectivity index (χ0) is 17.4. The topological polar surface area (TPSA) is 53.6 Å². The van der Waals surface area contributed by atoms with Gasteiger partial charge in [-0.2, -0.15) is 0 Å². The maximum Gasteiger partial charge on any atom is 0.225 e. The molecule has 0 saturated carbocycles. The van der Waals surface area contributed by atoms with Gasteiger partial charge in [-0.05, 0) is 42.0 Å². The quantitative estimate of drug-likeness (QED) is 0.732. The Morgan fingerprint density at radius 2 is 1.71 bits per heavy atom. The minimum absolute atomic E-state index is 0.00911. The van der Waals surface area contributed by atoms with E-state index in [4.69, 9.17) is 4.74 Å². The molecule has 0 aliphatic carbocycles. The van der Waals surface area contributed by atoms with E-state index >= 15 is 0 Å². The molecule has 0 fully saturated rings. The lowest BCUT2D eigenvalue weighted by Gasteiger charge is -2.13. The summed E-state index contributed by atoms with van der Waals surface area (Å²) in [7, 11) is 5.63. The molecule has 24 heavy (non-hydrogen) atoms. The van der Waals surface area contributed by atoms with Gasteiger partial charge in [0.05, 0.1) is 7.11 Å². The summed E-state index contributed by atoms with van der Waals surface area (Å²) in [5.74, 6) is 0.855. The normalized spacial score (nSPS) is 10.3. The second-order valence-electron chi connectivity index (χ2n) is 5.76. The smallest absolute Gasteiger partial charge is 0.225 e. The average Bonchev–Trinajstić information content (AvgIpc) is 2.59. The summed E-state index contributed by atoms with van der Waals surface area (Å²) < 4.78 is 5.13. The molecule has 2 N–H and O–H groups in total. The van der Waals surface area contributed by atoms with E-state index in [1.165, 1.54) is 0 Å². The molecule has 0 aliphatic rings. The maximum atomic E-state index is 11.9. The summed E-state index contributed by atoms with van der Waals surface area (Å²) >= 11 is 0. The van der Waals surface area contributed by atoms with Gasteiger partial charge in [0.2, 0.25) is 5.91 Å². The first kappa shape index (κ1) is 17.8. The minimum Gasteiger partial charge on any atom is -0.497 e. The lowest BCUT2D eigenvalue weighted by Crippen LogP contribution is -2.21. The molecular formula is C19H25N3O2. The Kier molecular flexibility index (Phi) is 6.63. The second kappa shape index (κ2) is 8.93. The molecule has 2 rings (SSSR count). The van der Waals surface area contributed by atoms with Crippen LogP contribution in [-0.4, -0.2) is 33.7 Å². The van der Waals surface area contributed by atoms with Crippen LogP contribution < -0.4 is 20.3 Å². The highest BCUT2D eigenvalue weighted by atomic mass is 16.5. The zero-order valence-corrected chi connectivity index (χ0v) is 14.5. The third-order valence-corrected chi connectivity index (χ3v) is 3.68. The van der Waals surface area contributed by atoms with E-state index in [1.807, 2.05) is 67.5 Å². The Labute approximate surface area is 143 Å². The molecule has 0 atom stereocenters. The fourth-order valence-electron chi connectivity index (χ4n) is 2.24. The van der Waals surface area contributed by atoms with Crippen molar-refractivity contribution in [1.29, 1.82) is 0 Å². The van der Waals surface area contributed by atoms with Crippen molar-refractivity contribution >= 4 is 17.3 Å². The molecule has 0 aliphatic heterocycles. The number of nitrogens with one attached hydrogen (secondary N) is 2. The van der Waals surface area contributed by atoms with Crippen molar-refractivity contribution in [3.05, 3.63) is 54.1 Å². The maximum absolute atomic E-state index is 11.9. The minimum atomic E-state index is 0.00911. The lowest BCUT2D eigenvalue weighted by molar-refractivity contribution is -0.116. The van der Waals surface area contributed by atoms with Gasteiger partial charge in [0.25, 0.3) is 0 Å². The van der Waals surface area contributed by atoms with E-state index in [0.29, 0.717) is 13.0 Å². The standard InChI is InChI=1S/C19H25N3O2/c1-22(2)17-8-6-16(7-9-17)21-19(23)12-13-20-14-15-4-10-18(24-3)11-5-15/h4-11,20H,12-14H2,1-3H3,(H,21,23). The Morgan fingerprint density at radius 1 is 1.04 bits per heavy atom. The molecular weight excluding hydrogens is 302 g/mol. The summed E-state index contributed by atoms with van der Waals surface area (Å²) in [6.45, 7) is 1.36. The van der Waals surface area contributed by atoms with Crippen molar-refractivity contribution in [1.82, 2.24) is 5.32 Å². The number of anilines is 2. The van der Waals surface area contributed by atoms with E-state index < -0.39 is 0 Å². The van der Waals surface area contributed by atoms with Crippen LogP contribution in [-0.2, 0) is 11.3 Å². The number of hydrogen-bond donors (Lipinski definition) is 2. The molecule has 0 saturated heterocycles. The average molecular weight is 327 g/mol. The van der Waals surface area contributed by atoms with E-state index in [2.05, 4.69) is 10.6 Å². The van der Waals surface area contributed by atoms with Crippen LogP contribution in [0.2, 0.25) is 0 Å². The van der Waals surface area contributed by atoms with Crippen LogP contribution in [0.5, 0.6) is 5.75 Å². The highest BCUT2D eigenvalue weighted by Crippen LogP contribution is 2.15. The molecule has 0 spiro atoms. The number of amides is 1. The Hall–Kier alpha value is -2.53. The van der Waals surface area contributed by atoms with Gasteiger partial charge < -0.3 is 20.3 Å². The van der Waals surface area contributed by atoms with Gasteiger partial charge in [-0.1, -0.05) is 12.1 Å². The number of benzene rings is 2. The van der Waals surface area contributed by atoms with E-state index in [0.717, 1.165) is 29.2 Å². The molecule has 2 aromatic rings. The monoisotopic (exact) mass is 327 g/mol. The molecule has 2 aromatic carbocycles. The van der Waals surface area contributed by atoms with Crippen LogP contribution >= 0.6 is 0 Å². The van der Waals surface area contributed by atoms with Crippen LogP contribution in [0.1, 0.15) is 12.0 Å². The molecule has 5 heteroatoms. The molecule has 128 valence electrons. The molecule has 1 amide bonds. The zero-order valence-electron chi connectivity index (χ0n) is 14.5. The van der Waals surface area contributed by atoms with Crippen molar-refractivity contribution in [2.75, 3.05) is 38.0 Å². The van der Waals surface area contributed by atoms with Gasteiger partial charge in [0.1, 0.15) is 5.75 Å². The van der Waals surface area contributed by atoms with Gasteiger partial charge in [0, 0.05) is 45.0 Å². The number of methoxy groups -OCH3 is 1. The van der Waals surface area contributed by atoms with E-state index in [1.54, 1.807) is 7.11 Å². The predicted octanol–water partition coefficient (Wildman–Crippen LogP) is 2.88. The van der Waals surface area contributed by atoms with Gasteiger partial charge in [-0.3, -0.25) is 4.79 Å². The first-order valence-electron chi connectivity index (χ1n) is 7.99. The number of nitrogens with zero attached hydrogens (tertiary/aromatic N) is 1. The molecule has 0 radical (unpaired) electrons. The number of carbonyl (C=O) groups is 1. The molecule has 5 nitrogen and oxygen atoms in total. The SMILES string of the molecule is COc1ccc(CNCCC(=O)Nc2ccc(N(C)C)cc2)cc1. The van der Waals surface area contributed by atoms with Gasteiger partial charge in [-0.25, -0.2) is 0 Å². The first-order valence-corrected chi connectivity index (χ1v) is 7.99. The fraction of sp³-hybridized carbons (Fsp3) is 0.316. The van der Waals surface area contributed by atoms with Crippen LogP contribution in [0.25, 0.3) is 0 Å². The van der Waals surface area contributed by atoms with Crippen molar-refractivity contribution in [2.45, 2.75) is 13.0 Å². The Balaban J connectivity index is 1.69. The van der Waals surface area contributed by atoms with Gasteiger partial charge in [0.15, 0.2) is 0 Å². The van der Waals surface area contributed by atoms with Crippen molar-refractivity contribution < 1.29 is 9.53 Å². The third kappa shape index (κ3) is 5.59. The van der Waals surface area contributed by atoms with Crippen LogP contribution in [0.3, 0.4) is 0 Å². The number of rotatable bonds is 8. The van der Waals surface area contributed by atoms with Crippen LogP contribution in [0, 0.1) is 0 Å². The van der Waals surface area contributed by atoms with Gasteiger partial charge in [-0.15, -0.1) is 0 Å². The molecule has 0 bridgehead atoms. The number of hydrogen-bond acceptors (Lipinski definition) is 4. The van der Waals surface area contributed by atoms with Crippen LogP contribution in [0.4, 0.5) is 11.4 Å². The van der Waals surface area contributed by atoms with Gasteiger partial charge >= 0.3 is 0 Å². The Morgan fingerprint density at radius 3 is 2.29 bits per heavy atom.